The maximum absolute atomic E-state index is 12.1. The van der Waals surface area contributed by atoms with Crippen LogP contribution in [-0.2, 0) is 17.8 Å². The molecule has 5 heteroatoms. The van der Waals surface area contributed by atoms with Gasteiger partial charge < -0.3 is 5.32 Å². The van der Waals surface area contributed by atoms with E-state index in [1.807, 2.05) is 12.1 Å². The van der Waals surface area contributed by atoms with Gasteiger partial charge in [-0.3, -0.25) is 9.59 Å². The fourth-order valence-electron chi connectivity index (χ4n) is 3.11. The van der Waals surface area contributed by atoms with Crippen molar-refractivity contribution in [2.45, 2.75) is 51.6 Å². The number of aromatic nitrogens is 2. The van der Waals surface area contributed by atoms with Gasteiger partial charge in [0.15, 0.2) is 0 Å². The Morgan fingerprint density at radius 2 is 1.88 bits per heavy atom. The first-order valence-corrected chi connectivity index (χ1v) is 8.62. The van der Waals surface area contributed by atoms with Crippen molar-refractivity contribution in [1.82, 2.24) is 15.1 Å². The standard InChI is InChI=1S/C19H23N3O2/c1-2-14-7-9-15(10-8-14)17-11-12-19(24)22(21-17)13-18(23)20-16-5-3-4-6-16/h7-12,16H,2-6,13H2,1H3,(H,20,23). The van der Waals surface area contributed by atoms with Gasteiger partial charge in [-0.1, -0.05) is 44.0 Å². The van der Waals surface area contributed by atoms with Crippen molar-refractivity contribution in [2.75, 3.05) is 0 Å². The predicted octanol–water partition coefficient (Wildman–Crippen LogP) is 2.53. The smallest absolute Gasteiger partial charge is 0.267 e. The Labute approximate surface area is 141 Å². The molecule has 2 aromatic rings. The minimum absolute atomic E-state index is 0.0315. The molecule has 24 heavy (non-hydrogen) atoms. The van der Waals surface area contributed by atoms with Crippen LogP contribution in [-0.4, -0.2) is 21.7 Å². The second-order valence-corrected chi connectivity index (χ2v) is 6.31. The van der Waals surface area contributed by atoms with Gasteiger partial charge >= 0.3 is 0 Å². The zero-order valence-corrected chi connectivity index (χ0v) is 14.0. The minimum atomic E-state index is -0.259. The van der Waals surface area contributed by atoms with Crippen molar-refractivity contribution in [2.24, 2.45) is 0 Å². The van der Waals surface area contributed by atoms with Gasteiger partial charge in [0.1, 0.15) is 6.54 Å². The van der Waals surface area contributed by atoms with E-state index in [2.05, 4.69) is 29.5 Å². The van der Waals surface area contributed by atoms with Gasteiger partial charge in [0.2, 0.25) is 5.91 Å². The number of carbonyl (C=O) groups excluding carboxylic acids is 1. The number of aryl methyl sites for hydroxylation is 1. The molecule has 1 aromatic carbocycles. The van der Waals surface area contributed by atoms with Gasteiger partial charge in [0.05, 0.1) is 5.69 Å². The molecule has 0 unspecified atom stereocenters. The molecular formula is C19H23N3O2. The van der Waals surface area contributed by atoms with Crippen LogP contribution in [0.3, 0.4) is 0 Å². The van der Waals surface area contributed by atoms with Crippen molar-refractivity contribution >= 4 is 5.91 Å². The molecule has 1 aromatic heterocycles. The second-order valence-electron chi connectivity index (χ2n) is 6.31. The molecule has 1 N–H and O–H groups in total. The average Bonchev–Trinajstić information content (AvgIpc) is 3.10. The SMILES string of the molecule is CCc1ccc(-c2ccc(=O)n(CC(=O)NC3CCCC3)n2)cc1. The zero-order chi connectivity index (χ0) is 16.9. The molecule has 0 spiro atoms. The molecule has 126 valence electrons. The molecule has 1 fully saturated rings. The van der Waals surface area contributed by atoms with Crippen molar-refractivity contribution in [3.63, 3.8) is 0 Å². The van der Waals surface area contributed by atoms with E-state index >= 15 is 0 Å². The highest BCUT2D eigenvalue weighted by Gasteiger charge is 2.17. The number of rotatable bonds is 5. The molecule has 0 atom stereocenters. The summed E-state index contributed by atoms with van der Waals surface area (Å²) in [6.07, 6.45) is 5.35. The van der Waals surface area contributed by atoms with Gasteiger partial charge in [-0.15, -0.1) is 0 Å². The van der Waals surface area contributed by atoms with Crippen LogP contribution in [0.4, 0.5) is 0 Å². The Hall–Kier alpha value is -2.43. The van der Waals surface area contributed by atoms with Crippen molar-refractivity contribution in [3.05, 3.63) is 52.3 Å². The number of nitrogens with zero attached hydrogens (tertiary/aromatic N) is 2. The zero-order valence-electron chi connectivity index (χ0n) is 14.0. The van der Waals surface area contributed by atoms with Crippen LogP contribution < -0.4 is 10.9 Å². The van der Waals surface area contributed by atoms with Gasteiger partial charge in [-0.25, -0.2) is 4.68 Å². The Balaban J connectivity index is 1.75. The lowest BCUT2D eigenvalue weighted by atomic mass is 10.1. The highest BCUT2D eigenvalue weighted by atomic mass is 16.2. The van der Waals surface area contributed by atoms with E-state index in [1.54, 1.807) is 6.07 Å². The highest BCUT2D eigenvalue weighted by Crippen LogP contribution is 2.18. The predicted molar refractivity (Wildman–Crippen MR) is 93.7 cm³/mol. The summed E-state index contributed by atoms with van der Waals surface area (Å²) in [6.45, 7) is 2.08. The summed E-state index contributed by atoms with van der Waals surface area (Å²) in [5, 5.41) is 7.35. The van der Waals surface area contributed by atoms with E-state index in [4.69, 9.17) is 0 Å². The fraction of sp³-hybridized carbons (Fsp3) is 0.421. The molecule has 1 aliphatic rings. The lowest BCUT2D eigenvalue weighted by Gasteiger charge is -2.12. The van der Waals surface area contributed by atoms with E-state index in [-0.39, 0.29) is 24.1 Å². The van der Waals surface area contributed by atoms with E-state index in [9.17, 15) is 9.59 Å². The Bertz CT molecular complexity index is 759. The molecule has 0 saturated heterocycles. The molecule has 1 amide bonds. The van der Waals surface area contributed by atoms with Gasteiger partial charge in [0.25, 0.3) is 5.56 Å². The maximum Gasteiger partial charge on any atom is 0.267 e. The number of hydrogen-bond acceptors (Lipinski definition) is 3. The van der Waals surface area contributed by atoms with E-state index in [1.165, 1.54) is 16.3 Å². The summed E-state index contributed by atoms with van der Waals surface area (Å²) in [7, 11) is 0. The first-order chi connectivity index (χ1) is 11.7. The fourth-order valence-corrected chi connectivity index (χ4v) is 3.11. The quantitative estimate of drug-likeness (QED) is 0.919. The van der Waals surface area contributed by atoms with Crippen LogP contribution >= 0.6 is 0 Å². The number of hydrogen-bond donors (Lipinski definition) is 1. The third kappa shape index (κ3) is 3.91. The average molecular weight is 325 g/mol. The molecule has 5 nitrogen and oxygen atoms in total. The normalized spacial score (nSPS) is 14.7. The van der Waals surface area contributed by atoms with Crippen LogP contribution in [0.15, 0.2) is 41.2 Å². The molecule has 1 heterocycles. The summed E-state index contributed by atoms with van der Waals surface area (Å²) < 4.78 is 1.24. The largest absolute Gasteiger partial charge is 0.352 e. The van der Waals surface area contributed by atoms with Crippen molar-refractivity contribution < 1.29 is 4.79 Å². The summed E-state index contributed by atoms with van der Waals surface area (Å²) >= 11 is 0. The Morgan fingerprint density at radius 1 is 1.17 bits per heavy atom. The molecule has 0 bridgehead atoms. The van der Waals surface area contributed by atoms with Gasteiger partial charge in [-0.05, 0) is 30.9 Å². The van der Waals surface area contributed by atoms with Crippen LogP contribution in [0, 0.1) is 0 Å². The molecule has 1 aliphatic carbocycles. The van der Waals surface area contributed by atoms with Crippen LogP contribution in [0.25, 0.3) is 11.3 Å². The van der Waals surface area contributed by atoms with Crippen LogP contribution in [0.5, 0.6) is 0 Å². The minimum Gasteiger partial charge on any atom is -0.352 e. The highest BCUT2D eigenvalue weighted by molar-refractivity contribution is 5.76. The van der Waals surface area contributed by atoms with Crippen LogP contribution in [0.2, 0.25) is 0 Å². The first kappa shape index (κ1) is 16.4. The first-order valence-electron chi connectivity index (χ1n) is 8.62. The molecule has 3 rings (SSSR count). The maximum atomic E-state index is 12.1. The summed E-state index contributed by atoms with van der Waals surface area (Å²) in [4.78, 5) is 24.1. The van der Waals surface area contributed by atoms with Gasteiger partial charge in [0, 0.05) is 17.7 Å². The summed E-state index contributed by atoms with van der Waals surface area (Å²) in [5.74, 6) is -0.144. The topological polar surface area (TPSA) is 64.0 Å². The number of carbonyl (C=O) groups is 1. The van der Waals surface area contributed by atoms with E-state index in [0.29, 0.717) is 5.69 Å². The molecule has 0 radical (unpaired) electrons. The van der Waals surface area contributed by atoms with Crippen molar-refractivity contribution in [3.8, 4) is 11.3 Å². The van der Waals surface area contributed by atoms with E-state index < -0.39 is 0 Å². The molecular weight excluding hydrogens is 302 g/mol. The number of amides is 1. The third-order valence-electron chi connectivity index (χ3n) is 4.54. The summed E-state index contributed by atoms with van der Waals surface area (Å²) in [6, 6.07) is 11.5. The van der Waals surface area contributed by atoms with Gasteiger partial charge in [-0.2, -0.15) is 5.10 Å². The monoisotopic (exact) mass is 325 g/mol. The van der Waals surface area contributed by atoms with E-state index in [0.717, 1.165) is 37.7 Å². The lowest BCUT2D eigenvalue weighted by molar-refractivity contribution is -0.122. The molecule has 0 aliphatic heterocycles. The summed E-state index contributed by atoms with van der Waals surface area (Å²) in [5.41, 5.74) is 2.64. The Kier molecular flexibility index (Phi) is 5.08. The Morgan fingerprint density at radius 3 is 2.54 bits per heavy atom. The molecule has 1 saturated carbocycles. The second kappa shape index (κ2) is 7.43. The third-order valence-corrected chi connectivity index (χ3v) is 4.54. The van der Waals surface area contributed by atoms with Crippen LogP contribution in [0.1, 0.15) is 38.2 Å². The lowest BCUT2D eigenvalue weighted by Crippen LogP contribution is -2.38. The number of nitrogens with one attached hydrogen (secondary N) is 1. The number of benzene rings is 1. The van der Waals surface area contributed by atoms with Crippen molar-refractivity contribution in [1.29, 1.82) is 0 Å².